The van der Waals surface area contributed by atoms with E-state index in [9.17, 15) is 0 Å². The maximum absolute atomic E-state index is 9.04. The molecule has 1 aromatic carbocycles. The van der Waals surface area contributed by atoms with Gasteiger partial charge in [-0.15, -0.1) is 0 Å². The van der Waals surface area contributed by atoms with Gasteiger partial charge in [0.2, 0.25) is 0 Å². The van der Waals surface area contributed by atoms with E-state index in [0.29, 0.717) is 23.0 Å². The highest BCUT2D eigenvalue weighted by Crippen LogP contribution is 2.23. The van der Waals surface area contributed by atoms with Crippen molar-refractivity contribution in [2.45, 2.75) is 6.92 Å². The van der Waals surface area contributed by atoms with Crippen molar-refractivity contribution in [3.63, 3.8) is 0 Å². The van der Waals surface area contributed by atoms with Gasteiger partial charge in [0.25, 0.3) is 0 Å². The van der Waals surface area contributed by atoms with Crippen molar-refractivity contribution in [2.75, 3.05) is 6.61 Å². The van der Waals surface area contributed by atoms with Crippen LogP contribution >= 0.6 is 11.6 Å². The zero-order valence-electron chi connectivity index (χ0n) is 10.2. The zero-order valence-corrected chi connectivity index (χ0v) is 11.0. The molecular formula is C13H11ClN4O. The van der Waals surface area contributed by atoms with Crippen LogP contribution in [0, 0.1) is 11.3 Å². The number of nitrogens with zero attached hydrogens (tertiary/aromatic N) is 4. The van der Waals surface area contributed by atoms with Gasteiger partial charge in [-0.25, -0.2) is 4.68 Å². The zero-order chi connectivity index (χ0) is 13.7. The van der Waals surface area contributed by atoms with Gasteiger partial charge >= 0.3 is 0 Å². The average molecular weight is 275 g/mol. The summed E-state index contributed by atoms with van der Waals surface area (Å²) >= 11 is 5.84. The molecule has 1 heterocycles. The summed E-state index contributed by atoms with van der Waals surface area (Å²) in [6, 6.07) is 9.15. The highest BCUT2D eigenvalue weighted by atomic mass is 35.5. The van der Waals surface area contributed by atoms with Gasteiger partial charge in [0.15, 0.2) is 12.2 Å². The molecule has 96 valence electrons. The second kappa shape index (κ2) is 6.03. The van der Waals surface area contributed by atoms with E-state index in [1.165, 1.54) is 12.6 Å². The number of hydrogen-bond donors (Lipinski definition) is 0. The first-order valence-corrected chi connectivity index (χ1v) is 6.02. The van der Waals surface area contributed by atoms with E-state index in [1.807, 2.05) is 13.0 Å². The Bertz CT molecular complexity index is 625. The summed E-state index contributed by atoms with van der Waals surface area (Å²) in [6.45, 7) is 2.37. The average Bonchev–Trinajstić information content (AvgIpc) is 2.83. The lowest BCUT2D eigenvalue weighted by molar-refractivity contribution is 0.343. The normalized spacial score (nSPS) is 10.6. The highest BCUT2D eigenvalue weighted by Gasteiger charge is 2.10. The number of rotatable bonds is 4. The number of nitriles is 1. The number of benzene rings is 1. The maximum Gasteiger partial charge on any atom is 0.176 e. The Balaban J connectivity index is 2.43. The van der Waals surface area contributed by atoms with Crippen molar-refractivity contribution in [1.82, 2.24) is 9.78 Å². The minimum atomic E-state index is 0.380. The summed E-state index contributed by atoms with van der Waals surface area (Å²) in [6.07, 6.45) is 2.78. The molecule has 0 saturated carbocycles. The molecule has 1 aromatic heterocycles. The Morgan fingerprint density at radius 1 is 1.47 bits per heavy atom. The Hall–Kier alpha value is -2.32. The van der Waals surface area contributed by atoms with Gasteiger partial charge in [0.1, 0.15) is 11.6 Å². The quantitative estimate of drug-likeness (QED) is 0.636. The van der Waals surface area contributed by atoms with Gasteiger partial charge in [0.05, 0.1) is 18.5 Å². The van der Waals surface area contributed by atoms with Crippen molar-refractivity contribution in [3.8, 4) is 11.8 Å². The van der Waals surface area contributed by atoms with Gasteiger partial charge in [-0.2, -0.15) is 15.4 Å². The highest BCUT2D eigenvalue weighted by molar-refractivity contribution is 6.30. The van der Waals surface area contributed by atoms with Crippen molar-refractivity contribution in [2.24, 2.45) is 4.99 Å². The first-order chi connectivity index (χ1) is 9.26. The number of aromatic nitrogens is 2. The van der Waals surface area contributed by atoms with Crippen molar-refractivity contribution in [3.05, 3.63) is 41.0 Å². The number of halogens is 1. The van der Waals surface area contributed by atoms with Crippen molar-refractivity contribution < 1.29 is 4.74 Å². The van der Waals surface area contributed by atoms with Crippen molar-refractivity contribution in [1.29, 1.82) is 5.26 Å². The number of hydrogen-bond acceptors (Lipinski definition) is 4. The van der Waals surface area contributed by atoms with E-state index < -0.39 is 0 Å². The molecule has 0 amide bonds. The molecule has 2 rings (SSSR count). The Morgan fingerprint density at radius 2 is 2.21 bits per heavy atom. The minimum absolute atomic E-state index is 0.380. The van der Waals surface area contributed by atoms with Crippen LogP contribution in [0.4, 0.5) is 5.82 Å². The Morgan fingerprint density at radius 3 is 2.84 bits per heavy atom. The van der Waals surface area contributed by atoms with Crippen LogP contribution in [0.25, 0.3) is 5.69 Å². The van der Waals surface area contributed by atoms with Crippen LogP contribution in [0.5, 0.6) is 0 Å². The van der Waals surface area contributed by atoms with Gasteiger partial charge < -0.3 is 4.74 Å². The Kier molecular flexibility index (Phi) is 4.16. The first-order valence-electron chi connectivity index (χ1n) is 5.64. The van der Waals surface area contributed by atoms with Gasteiger partial charge in [0, 0.05) is 5.02 Å². The van der Waals surface area contributed by atoms with Crippen molar-refractivity contribution >= 4 is 23.8 Å². The number of ether oxygens (including phenoxy) is 1. The predicted molar refractivity (Wildman–Crippen MR) is 73.1 cm³/mol. The van der Waals surface area contributed by atoms with E-state index in [-0.39, 0.29) is 0 Å². The molecule has 0 unspecified atom stereocenters. The molecule has 0 bridgehead atoms. The molecule has 6 heteroatoms. The first kappa shape index (κ1) is 13.1. The molecule has 0 aliphatic heterocycles. The monoisotopic (exact) mass is 274 g/mol. The van der Waals surface area contributed by atoms with Crippen LogP contribution < -0.4 is 0 Å². The van der Waals surface area contributed by atoms with Crippen LogP contribution in [-0.2, 0) is 4.74 Å². The minimum Gasteiger partial charge on any atom is -0.483 e. The van der Waals surface area contributed by atoms with Crippen LogP contribution in [0.1, 0.15) is 12.5 Å². The van der Waals surface area contributed by atoms with Crippen LogP contribution in [-0.4, -0.2) is 22.8 Å². The summed E-state index contributed by atoms with van der Waals surface area (Å²) in [5.74, 6) is 0.429. The summed E-state index contributed by atoms with van der Waals surface area (Å²) in [5, 5.41) is 13.8. The summed E-state index contributed by atoms with van der Waals surface area (Å²) < 4.78 is 6.61. The van der Waals surface area contributed by atoms with Crippen LogP contribution in [0.15, 0.2) is 35.5 Å². The largest absolute Gasteiger partial charge is 0.483 e. The van der Waals surface area contributed by atoms with Gasteiger partial charge in [-0.1, -0.05) is 11.6 Å². The van der Waals surface area contributed by atoms with E-state index in [2.05, 4.69) is 10.1 Å². The lowest BCUT2D eigenvalue weighted by atomic mass is 10.3. The maximum atomic E-state index is 9.04. The molecule has 19 heavy (non-hydrogen) atoms. The topological polar surface area (TPSA) is 63.2 Å². The predicted octanol–water partition coefficient (Wildman–Crippen LogP) is 3.09. The summed E-state index contributed by atoms with van der Waals surface area (Å²) in [7, 11) is 0. The van der Waals surface area contributed by atoms with E-state index in [1.54, 1.807) is 28.9 Å². The molecule has 0 aliphatic rings. The van der Waals surface area contributed by atoms with Crippen LogP contribution in [0.2, 0.25) is 5.02 Å². The molecule has 0 atom stereocenters. The third kappa shape index (κ3) is 2.92. The Labute approximate surface area is 115 Å². The van der Waals surface area contributed by atoms with Gasteiger partial charge in [-0.05, 0) is 31.2 Å². The fourth-order valence-electron chi connectivity index (χ4n) is 1.48. The molecule has 0 fully saturated rings. The smallest absolute Gasteiger partial charge is 0.176 e. The standard InChI is InChI=1S/C13H11ClN4O/c1-2-19-9-16-13-10(7-15)8-17-18(13)12-5-3-11(14)4-6-12/h3-6,8-9H,2H2,1H3. The SMILES string of the molecule is CCOC=Nc1c(C#N)cnn1-c1ccc(Cl)cc1. The fraction of sp³-hybridized carbons (Fsp3) is 0.154. The fourth-order valence-corrected chi connectivity index (χ4v) is 1.60. The van der Waals surface area contributed by atoms with Crippen LogP contribution in [0.3, 0.4) is 0 Å². The third-order valence-corrected chi connectivity index (χ3v) is 2.60. The summed E-state index contributed by atoms with van der Waals surface area (Å²) in [4.78, 5) is 4.12. The lowest BCUT2D eigenvalue weighted by Gasteiger charge is -2.04. The van der Waals surface area contributed by atoms with E-state index in [0.717, 1.165) is 5.69 Å². The molecule has 0 radical (unpaired) electrons. The molecular weight excluding hydrogens is 264 g/mol. The molecule has 0 saturated heterocycles. The van der Waals surface area contributed by atoms with Gasteiger partial charge in [-0.3, -0.25) is 0 Å². The number of aliphatic imine (C=N–C) groups is 1. The molecule has 0 spiro atoms. The lowest BCUT2D eigenvalue weighted by Crippen LogP contribution is -1.96. The third-order valence-electron chi connectivity index (χ3n) is 2.35. The molecule has 2 aromatic rings. The second-order valence-corrected chi connectivity index (χ2v) is 4.01. The van der Waals surface area contributed by atoms with E-state index in [4.69, 9.17) is 21.6 Å². The van der Waals surface area contributed by atoms with E-state index >= 15 is 0 Å². The molecule has 5 nitrogen and oxygen atoms in total. The second-order valence-electron chi connectivity index (χ2n) is 3.57. The summed E-state index contributed by atoms with van der Waals surface area (Å²) in [5.41, 5.74) is 1.15. The molecule has 0 aliphatic carbocycles. The molecule has 0 N–H and O–H groups in total.